The van der Waals surface area contributed by atoms with Crippen LogP contribution in [-0.2, 0) is 28.8 Å². The first kappa shape index (κ1) is 32.7. The maximum Gasteiger partial charge on any atom is 2.00 e. The fourth-order valence-electron chi connectivity index (χ4n) is 1.60. The van der Waals surface area contributed by atoms with Crippen LogP contribution in [0.3, 0.4) is 0 Å². The minimum Gasteiger partial charge on any atom is -0.548 e. The summed E-state index contributed by atoms with van der Waals surface area (Å²) >= 11 is 0. The zero-order chi connectivity index (χ0) is 24.0. The number of hydrogen-bond donors (Lipinski definition) is 4. The SMILES string of the molecule is C=C(C)C(=O)N[C@@H](CCC(=O)O)C(=O)[O-].C=C(C)C(=O)N[C@@H](CCC(=O)O)C(=O)[O-].[Mg+2]. The van der Waals surface area contributed by atoms with E-state index in [1.54, 1.807) is 0 Å². The topological polar surface area (TPSA) is 213 Å². The number of aliphatic carboxylic acids is 4. The Kier molecular flexibility index (Phi) is 17.8. The zero-order valence-electron chi connectivity index (χ0n) is 17.3. The molecule has 0 aliphatic carbocycles. The summed E-state index contributed by atoms with van der Waals surface area (Å²) in [5.41, 5.74) is 0.299. The molecule has 0 saturated carbocycles. The third-order valence-corrected chi connectivity index (χ3v) is 3.25. The van der Waals surface area contributed by atoms with E-state index >= 15 is 0 Å². The molecular formula is C18H24MgN2O10. The van der Waals surface area contributed by atoms with Gasteiger partial charge >= 0.3 is 35.0 Å². The summed E-state index contributed by atoms with van der Waals surface area (Å²) in [7, 11) is 0. The molecule has 0 aliphatic heterocycles. The monoisotopic (exact) mass is 452 g/mol. The van der Waals surface area contributed by atoms with Gasteiger partial charge in [0.1, 0.15) is 0 Å². The van der Waals surface area contributed by atoms with Crippen LogP contribution in [0.4, 0.5) is 0 Å². The van der Waals surface area contributed by atoms with E-state index in [4.69, 9.17) is 10.2 Å². The molecule has 0 aromatic heterocycles. The van der Waals surface area contributed by atoms with Gasteiger partial charge in [0.2, 0.25) is 11.8 Å². The average molecular weight is 453 g/mol. The van der Waals surface area contributed by atoms with Crippen molar-refractivity contribution in [2.24, 2.45) is 0 Å². The number of carbonyl (C=O) groups excluding carboxylic acids is 4. The Balaban J connectivity index is -0.000000490. The van der Waals surface area contributed by atoms with Gasteiger partial charge < -0.3 is 40.6 Å². The van der Waals surface area contributed by atoms with Gasteiger partial charge in [0.25, 0.3) is 0 Å². The van der Waals surface area contributed by atoms with E-state index in [0.29, 0.717) is 0 Å². The molecule has 0 heterocycles. The fraction of sp³-hybridized carbons (Fsp3) is 0.444. The number of rotatable bonds is 12. The van der Waals surface area contributed by atoms with E-state index in [2.05, 4.69) is 23.8 Å². The van der Waals surface area contributed by atoms with Crippen LogP contribution in [0.15, 0.2) is 24.3 Å². The van der Waals surface area contributed by atoms with E-state index in [-0.39, 0.29) is 59.9 Å². The first-order chi connectivity index (χ1) is 13.7. The minimum atomic E-state index is -1.51. The molecule has 12 nitrogen and oxygen atoms in total. The summed E-state index contributed by atoms with van der Waals surface area (Å²) < 4.78 is 0. The number of amides is 2. The van der Waals surface area contributed by atoms with Gasteiger partial charge in [0, 0.05) is 24.0 Å². The second-order valence-corrected chi connectivity index (χ2v) is 6.12. The van der Waals surface area contributed by atoms with Crippen LogP contribution in [0.5, 0.6) is 0 Å². The largest absolute Gasteiger partial charge is 2.00 e. The van der Waals surface area contributed by atoms with Gasteiger partial charge in [-0.2, -0.15) is 0 Å². The van der Waals surface area contributed by atoms with Crippen molar-refractivity contribution in [3.63, 3.8) is 0 Å². The summed E-state index contributed by atoms with van der Waals surface area (Å²) in [6, 6.07) is -2.60. The second-order valence-electron chi connectivity index (χ2n) is 6.12. The van der Waals surface area contributed by atoms with Crippen molar-refractivity contribution in [3.8, 4) is 0 Å². The predicted octanol–water partition coefficient (Wildman–Crippen LogP) is -3.06. The molecule has 168 valence electrons. The molecule has 0 radical (unpaired) electrons. The number of carboxylic acids is 4. The maximum absolute atomic E-state index is 11.1. The van der Waals surface area contributed by atoms with Crippen molar-refractivity contribution in [2.45, 2.75) is 51.6 Å². The molecule has 0 saturated heterocycles. The minimum absolute atomic E-state index is 0. The number of hydrogen-bond acceptors (Lipinski definition) is 8. The molecule has 0 unspecified atom stereocenters. The van der Waals surface area contributed by atoms with Gasteiger partial charge in [0.15, 0.2) is 0 Å². The molecule has 0 spiro atoms. The van der Waals surface area contributed by atoms with Crippen LogP contribution in [0.1, 0.15) is 39.5 Å². The van der Waals surface area contributed by atoms with E-state index in [1.807, 2.05) is 0 Å². The quantitative estimate of drug-likeness (QED) is 0.173. The molecule has 0 bridgehead atoms. The third kappa shape index (κ3) is 17.6. The predicted molar refractivity (Wildman–Crippen MR) is 103 cm³/mol. The molecule has 31 heavy (non-hydrogen) atoms. The molecule has 0 aliphatic rings. The van der Waals surface area contributed by atoms with E-state index in [0.717, 1.165) is 0 Å². The Hall–Kier alpha value is -2.93. The summed E-state index contributed by atoms with van der Waals surface area (Å²) in [5.74, 6) is -6.54. The number of nitrogens with one attached hydrogen (secondary N) is 2. The van der Waals surface area contributed by atoms with Crippen molar-refractivity contribution < 1.29 is 49.2 Å². The second kappa shape index (κ2) is 16.8. The Morgan fingerprint density at radius 2 is 1.00 bits per heavy atom. The molecule has 0 aromatic carbocycles. The summed E-state index contributed by atoms with van der Waals surface area (Å²) in [6.07, 6.45) is -1.13. The van der Waals surface area contributed by atoms with Crippen LogP contribution >= 0.6 is 0 Å². The van der Waals surface area contributed by atoms with Crippen molar-refractivity contribution in [3.05, 3.63) is 24.3 Å². The first-order valence-electron chi connectivity index (χ1n) is 8.47. The van der Waals surface area contributed by atoms with Crippen LogP contribution in [0, 0.1) is 0 Å². The van der Waals surface area contributed by atoms with Gasteiger partial charge in [-0.3, -0.25) is 19.2 Å². The summed E-state index contributed by atoms with van der Waals surface area (Å²) in [5, 5.41) is 41.9. The molecular weight excluding hydrogens is 429 g/mol. The zero-order valence-corrected chi connectivity index (χ0v) is 18.7. The van der Waals surface area contributed by atoms with Gasteiger partial charge in [-0.05, 0) is 26.7 Å². The van der Waals surface area contributed by atoms with Crippen LogP contribution in [0.25, 0.3) is 0 Å². The normalized spacial score (nSPS) is 11.2. The molecule has 4 N–H and O–H groups in total. The van der Waals surface area contributed by atoms with Crippen LogP contribution in [-0.4, -0.2) is 81.0 Å². The molecule has 2 atom stereocenters. The Morgan fingerprint density at radius 1 is 0.742 bits per heavy atom. The van der Waals surface area contributed by atoms with Gasteiger partial charge in [-0.15, -0.1) is 0 Å². The Morgan fingerprint density at radius 3 is 1.16 bits per heavy atom. The molecule has 0 rings (SSSR count). The van der Waals surface area contributed by atoms with Gasteiger partial charge in [-0.25, -0.2) is 0 Å². The summed E-state index contributed by atoms with van der Waals surface area (Å²) in [6.45, 7) is 9.47. The van der Waals surface area contributed by atoms with Crippen molar-refractivity contribution in [2.75, 3.05) is 0 Å². The van der Waals surface area contributed by atoms with Crippen LogP contribution < -0.4 is 20.8 Å². The smallest absolute Gasteiger partial charge is 0.548 e. The van der Waals surface area contributed by atoms with Crippen molar-refractivity contribution in [1.82, 2.24) is 10.6 Å². The van der Waals surface area contributed by atoms with Gasteiger partial charge in [0.05, 0.1) is 24.0 Å². The molecule has 2 amide bonds. The Bertz CT molecular complexity index is 660. The fourth-order valence-corrected chi connectivity index (χ4v) is 1.60. The van der Waals surface area contributed by atoms with E-state index < -0.39 is 47.8 Å². The van der Waals surface area contributed by atoms with E-state index in [1.165, 1.54) is 13.8 Å². The number of carbonyl (C=O) groups is 6. The molecule has 13 heteroatoms. The average Bonchev–Trinajstić information content (AvgIpc) is 2.60. The number of carboxylic acid groups (broad SMARTS) is 4. The maximum atomic E-state index is 11.1. The van der Waals surface area contributed by atoms with Crippen LogP contribution in [0.2, 0.25) is 0 Å². The first-order valence-corrected chi connectivity index (χ1v) is 8.47. The Labute approximate surface area is 194 Å². The van der Waals surface area contributed by atoms with Crippen molar-refractivity contribution >= 4 is 58.7 Å². The third-order valence-electron chi connectivity index (χ3n) is 3.25. The van der Waals surface area contributed by atoms with Gasteiger partial charge in [-0.1, -0.05) is 13.2 Å². The summed E-state index contributed by atoms with van der Waals surface area (Å²) in [4.78, 5) is 63.6. The molecule has 0 fully saturated rings. The van der Waals surface area contributed by atoms with E-state index in [9.17, 15) is 39.0 Å². The van der Waals surface area contributed by atoms with Crippen molar-refractivity contribution in [1.29, 1.82) is 0 Å². The standard InChI is InChI=1S/2C9H13NO5.Mg/c2*1-5(2)8(13)10-6(9(14)15)3-4-7(11)12;/h2*6H,1,3-4H2,2H3,(H,10,13)(H,11,12)(H,14,15);/q;;+2/p-2/t2*6-;/m00./s1. The molecule has 0 aromatic rings.